The SMILES string of the molecule is CC1CCCC1CN1CCNC(C)(c2ccccc2)C1. The Hall–Kier alpha value is -0.860. The summed E-state index contributed by atoms with van der Waals surface area (Å²) < 4.78 is 0. The average Bonchev–Trinajstić information content (AvgIpc) is 2.85. The highest BCUT2D eigenvalue weighted by Gasteiger charge is 2.34. The van der Waals surface area contributed by atoms with Gasteiger partial charge in [0.15, 0.2) is 0 Å². The van der Waals surface area contributed by atoms with Crippen molar-refractivity contribution in [2.24, 2.45) is 11.8 Å². The molecule has 0 bridgehead atoms. The summed E-state index contributed by atoms with van der Waals surface area (Å²) in [5.74, 6) is 1.85. The first-order valence-corrected chi connectivity index (χ1v) is 8.20. The second kappa shape index (κ2) is 5.87. The van der Waals surface area contributed by atoms with Crippen LogP contribution < -0.4 is 5.32 Å². The van der Waals surface area contributed by atoms with Crippen LogP contribution in [0, 0.1) is 11.8 Å². The van der Waals surface area contributed by atoms with Crippen molar-refractivity contribution in [3.05, 3.63) is 35.9 Å². The van der Waals surface area contributed by atoms with Gasteiger partial charge in [-0.15, -0.1) is 0 Å². The van der Waals surface area contributed by atoms with Crippen LogP contribution >= 0.6 is 0 Å². The van der Waals surface area contributed by atoms with Crippen LogP contribution in [-0.4, -0.2) is 31.1 Å². The van der Waals surface area contributed by atoms with Gasteiger partial charge in [0.25, 0.3) is 0 Å². The molecule has 1 aromatic rings. The number of nitrogens with one attached hydrogen (secondary N) is 1. The molecule has 1 N–H and O–H groups in total. The fourth-order valence-corrected chi connectivity index (χ4v) is 4.05. The lowest BCUT2D eigenvalue weighted by atomic mass is 9.88. The van der Waals surface area contributed by atoms with E-state index in [9.17, 15) is 0 Å². The summed E-state index contributed by atoms with van der Waals surface area (Å²) in [6.45, 7) is 9.53. The summed E-state index contributed by atoms with van der Waals surface area (Å²) in [4.78, 5) is 2.69. The third kappa shape index (κ3) is 2.91. The summed E-state index contributed by atoms with van der Waals surface area (Å²) in [7, 11) is 0. The summed E-state index contributed by atoms with van der Waals surface area (Å²) in [6.07, 6.45) is 4.31. The highest BCUT2D eigenvalue weighted by atomic mass is 15.2. The average molecular weight is 272 g/mol. The van der Waals surface area contributed by atoms with E-state index in [0.29, 0.717) is 0 Å². The van der Waals surface area contributed by atoms with Crippen molar-refractivity contribution in [2.45, 2.75) is 38.6 Å². The van der Waals surface area contributed by atoms with Crippen molar-refractivity contribution in [1.82, 2.24) is 10.2 Å². The van der Waals surface area contributed by atoms with Gasteiger partial charge in [-0.2, -0.15) is 0 Å². The number of hydrogen-bond donors (Lipinski definition) is 1. The van der Waals surface area contributed by atoms with Gasteiger partial charge in [0.2, 0.25) is 0 Å². The molecule has 110 valence electrons. The van der Waals surface area contributed by atoms with E-state index < -0.39 is 0 Å². The van der Waals surface area contributed by atoms with Crippen LogP contribution in [0.1, 0.15) is 38.7 Å². The fourth-order valence-electron chi connectivity index (χ4n) is 4.05. The Balaban J connectivity index is 1.67. The Morgan fingerprint density at radius 2 is 2.05 bits per heavy atom. The van der Waals surface area contributed by atoms with E-state index in [-0.39, 0.29) is 5.54 Å². The van der Waals surface area contributed by atoms with E-state index in [1.54, 1.807) is 0 Å². The second-order valence-electron chi connectivity index (χ2n) is 7.03. The van der Waals surface area contributed by atoms with Crippen LogP contribution in [0.2, 0.25) is 0 Å². The zero-order valence-electron chi connectivity index (χ0n) is 12.9. The molecule has 2 heteroatoms. The van der Waals surface area contributed by atoms with Crippen molar-refractivity contribution in [3.63, 3.8) is 0 Å². The lowest BCUT2D eigenvalue weighted by molar-refractivity contribution is 0.117. The summed E-state index contributed by atoms with van der Waals surface area (Å²) in [5.41, 5.74) is 1.53. The highest BCUT2D eigenvalue weighted by Crippen LogP contribution is 2.33. The number of nitrogens with zero attached hydrogens (tertiary/aromatic N) is 1. The van der Waals surface area contributed by atoms with Gasteiger partial charge in [0.1, 0.15) is 0 Å². The number of benzene rings is 1. The van der Waals surface area contributed by atoms with Crippen LogP contribution in [0.4, 0.5) is 0 Å². The minimum Gasteiger partial charge on any atom is -0.305 e. The van der Waals surface area contributed by atoms with E-state index in [1.807, 2.05) is 0 Å². The molecule has 3 unspecified atom stereocenters. The molecule has 0 spiro atoms. The van der Waals surface area contributed by atoms with E-state index in [2.05, 4.69) is 54.4 Å². The third-order valence-electron chi connectivity index (χ3n) is 5.43. The Morgan fingerprint density at radius 1 is 1.25 bits per heavy atom. The lowest BCUT2D eigenvalue weighted by Crippen LogP contribution is -2.57. The predicted molar refractivity (Wildman–Crippen MR) is 84.7 cm³/mol. The number of hydrogen-bond acceptors (Lipinski definition) is 2. The van der Waals surface area contributed by atoms with Gasteiger partial charge in [-0.05, 0) is 30.7 Å². The third-order valence-corrected chi connectivity index (χ3v) is 5.43. The standard InChI is InChI=1S/C18H28N2/c1-15-7-6-8-16(15)13-20-12-11-19-18(2,14-20)17-9-4-3-5-10-17/h3-5,9-10,15-16,19H,6-8,11-14H2,1-2H3. The lowest BCUT2D eigenvalue weighted by Gasteiger charge is -2.43. The van der Waals surface area contributed by atoms with Gasteiger partial charge in [0.05, 0.1) is 5.54 Å². The maximum Gasteiger partial charge on any atom is 0.0535 e. The molecular formula is C18H28N2. The Labute approximate surface area is 123 Å². The van der Waals surface area contributed by atoms with Gasteiger partial charge in [-0.3, -0.25) is 4.90 Å². The maximum absolute atomic E-state index is 3.74. The monoisotopic (exact) mass is 272 g/mol. The Bertz CT molecular complexity index is 430. The van der Waals surface area contributed by atoms with Gasteiger partial charge >= 0.3 is 0 Å². The molecule has 1 aliphatic carbocycles. The van der Waals surface area contributed by atoms with Crippen LogP contribution in [0.5, 0.6) is 0 Å². The fraction of sp³-hybridized carbons (Fsp3) is 0.667. The molecule has 0 radical (unpaired) electrons. The molecule has 2 nitrogen and oxygen atoms in total. The van der Waals surface area contributed by atoms with Crippen molar-refractivity contribution in [3.8, 4) is 0 Å². The molecule has 2 fully saturated rings. The zero-order valence-corrected chi connectivity index (χ0v) is 12.9. The largest absolute Gasteiger partial charge is 0.305 e. The first-order chi connectivity index (χ1) is 9.67. The van der Waals surface area contributed by atoms with Crippen LogP contribution in [0.3, 0.4) is 0 Å². The van der Waals surface area contributed by atoms with Crippen molar-refractivity contribution < 1.29 is 0 Å². The molecule has 2 aliphatic rings. The normalized spacial score (nSPS) is 35.3. The second-order valence-corrected chi connectivity index (χ2v) is 7.03. The molecular weight excluding hydrogens is 244 g/mol. The van der Waals surface area contributed by atoms with E-state index in [1.165, 1.54) is 37.9 Å². The molecule has 20 heavy (non-hydrogen) atoms. The predicted octanol–water partition coefficient (Wildman–Crippen LogP) is 3.24. The van der Waals surface area contributed by atoms with Crippen LogP contribution in [0.25, 0.3) is 0 Å². The highest BCUT2D eigenvalue weighted by molar-refractivity contribution is 5.24. The first kappa shape index (κ1) is 14.1. The molecule has 0 aromatic heterocycles. The molecule has 1 heterocycles. The summed E-state index contributed by atoms with van der Waals surface area (Å²) in [6, 6.07) is 10.9. The molecule has 1 saturated carbocycles. The maximum atomic E-state index is 3.74. The van der Waals surface area contributed by atoms with Gasteiger partial charge in [0, 0.05) is 26.2 Å². The van der Waals surface area contributed by atoms with Crippen molar-refractivity contribution in [1.29, 1.82) is 0 Å². The minimum absolute atomic E-state index is 0.112. The topological polar surface area (TPSA) is 15.3 Å². The molecule has 1 aliphatic heterocycles. The van der Waals surface area contributed by atoms with Crippen LogP contribution in [-0.2, 0) is 5.54 Å². The van der Waals surface area contributed by atoms with Gasteiger partial charge in [-0.1, -0.05) is 50.1 Å². The van der Waals surface area contributed by atoms with E-state index >= 15 is 0 Å². The van der Waals surface area contributed by atoms with E-state index in [4.69, 9.17) is 0 Å². The summed E-state index contributed by atoms with van der Waals surface area (Å²) in [5, 5.41) is 3.74. The van der Waals surface area contributed by atoms with E-state index in [0.717, 1.165) is 24.9 Å². The molecule has 3 atom stereocenters. The van der Waals surface area contributed by atoms with Crippen molar-refractivity contribution in [2.75, 3.05) is 26.2 Å². The zero-order chi connectivity index (χ0) is 14.0. The Morgan fingerprint density at radius 3 is 2.75 bits per heavy atom. The Kier molecular flexibility index (Phi) is 4.13. The molecule has 0 amide bonds. The number of piperazine rings is 1. The first-order valence-electron chi connectivity index (χ1n) is 8.20. The molecule has 1 aromatic carbocycles. The smallest absolute Gasteiger partial charge is 0.0535 e. The summed E-state index contributed by atoms with van der Waals surface area (Å²) >= 11 is 0. The van der Waals surface area contributed by atoms with Gasteiger partial charge < -0.3 is 5.32 Å². The number of rotatable bonds is 3. The minimum atomic E-state index is 0.112. The quantitative estimate of drug-likeness (QED) is 0.908. The molecule has 3 rings (SSSR count). The molecule has 1 saturated heterocycles. The van der Waals surface area contributed by atoms with Gasteiger partial charge in [-0.25, -0.2) is 0 Å². The van der Waals surface area contributed by atoms with Crippen LogP contribution in [0.15, 0.2) is 30.3 Å². The van der Waals surface area contributed by atoms with Crippen molar-refractivity contribution >= 4 is 0 Å².